The molecule has 94 valence electrons. The normalized spacial score (nSPS) is 18.6. The number of hydrogen-bond donors (Lipinski definition) is 2. The number of likely N-dealkylation sites (tertiary alicyclic amines) is 1. The van der Waals surface area contributed by atoms with Crippen molar-refractivity contribution in [2.45, 2.75) is 39.2 Å². The van der Waals surface area contributed by atoms with Gasteiger partial charge in [-0.05, 0) is 39.3 Å². The van der Waals surface area contributed by atoms with E-state index in [1.165, 1.54) is 25.9 Å². The second-order valence-corrected chi connectivity index (χ2v) is 4.59. The van der Waals surface area contributed by atoms with Gasteiger partial charge in [-0.25, -0.2) is 0 Å². The summed E-state index contributed by atoms with van der Waals surface area (Å²) < 4.78 is 0. The molecule has 1 unspecified atom stereocenters. The molecule has 1 heterocycles. The van der Waals surface area contributed by atoms with Crippen LogP contribution in [-0.2, 0) is 4.79 Å². The maximum Gasteiger partial charge on any atom is 0.234 e. The van der Waals surface area contributed by atoms with E-state index in [-0.39, 0.29) is 5.91 Å². The van der Waals surface area contributed by atoms with Crippen LogP contribution >= 0.6 is 0 Å². The fourth-order valence-electron chi connectivity index (χ4n) is 1.83. The van der Waals surface area contributed by atoms with Crippen LogP contribution in [0.4, 0.5) is 0 Å². The molecule has 0 saturated carbocycles. The summed E-state index contributed by atoms with van der Waals surface area (Å²) >= 11 is 0. The smallest absolute Gasteiger partial charge is 0.234 e. The van der Waals surface area contributed by atoms with Gasteiger partial charge in [0.25, 0.3) is 0 Å². The summed E-state index contributed by atoms with van der Waals surface area (Å²) in [5, 5.41) is 6.13. The van der Waals surface area contributed by atoms with Crippen molar-refractivity contribution in [1.82, 2.24) is 15.5 Å². The Kier molecular flexibility index (Phi) is 6.42. The molecule has 4 heteroatoms. The molecule has 0 aliphatic carbocycles. The van der Waals surface area contributed by atoms with Gasteiger partial charge in [-0.3, -0.25) is 4.79 Å². The zero-order valence-corrected chi connectivity index (χ0v) is 10.6. The second-order valence-electron chi connectivity index (χ2n) is 4.59. The third-order valence-electron chi connectivity index (χ3n) is 3.17. The van der Waals surface area contributed by atoms with Gasteiger partial charge in [-0.15, -0.1) is 0 Å². The maximum atomic E-state index is 11.4. The Morgan fingerprint density at radius 1 is 1.38 bits per heavy atom. The van der Waals surface area contributed by atoms with Crippen LogP contribution in [0.3, 0.4) is 0 Å². The molecule has 1 saturated heterocycles. The van der Waals surface area contributed by atoms with Gasteiger partial charge < -0.3 is 15.5 Å². The van der Waals surface area contributed by atoms with Gasteiger partial charge in [0.1, 0.15) is 0 Å². The van der Waals surface area contributed by atoms with Crippen molar-refractivity contribution in [3.05, 3.63) is 0 Å². The minimum absolute atomic E-state index is 0.111. The van der Waals surface area contributed by atoms with Gasteiger partial charge in [0.15, 0.2) is 0 Å². The van der Waals surface area contributed by atoms with Crippen molar-refractivity contribution in [2.75, 3.05) is 32.7 Å². The molecule has 1 amide bonds. The van der Waals surface area contributed by atoms with E-state index < -0.39 is 0 Å². The molecule has 1 atom stereocenters. The third kappa shape index (κ3) is 5.47. The van der Waals surface area contributed by atoms with Gasteiger partial charge in [0.2, 0.25) is 5.91 Å². The van der Waals surface area contributed by atoms with Crippen LogP contribution in [0.2, 0.25) is 0 Å². The van der Waals surface area contributed by atoms with Gasteiger partial charge in [0.05, 0.1) is 6.54 Å². The number of carbonyl (C=O) groups excluding carboxylic acids is 1. The average Bonchev–Trinajstić information content (AvgIpc) is 2.79. The largest absolute Gasteiger partial charge is 0.354 e. The molecule has 1 rings (SSSR count). The van der Waals surface area contributed by atoms with Crippen molar-refractivity contribution in [1.29, 1.82) is 0 Å². The van der Waals surface area contributed by atoms with Gasteiger partial charge >= 0.3 is 0 Å². The average molecular weight is 227 g/mol. The first-order valence-corrected chi connectivity index (χ1v) is 6.44. The standard InChI is InChI=1S/C12H25N3O/c1-3-11(2)14-10-12(16)13-6-9-15-7-4-5-8-15/h11,14H,3-10H2,1-2H3,(H,13,16). The summed E-state index contributed by atoms with van der Waals surface area (Å²) in [5.41, 5.74) is 0. The molecule has 0 aromatic carbocycles. The van der Waals surface area contributed by atoms with E-state index in [0.29, 0.717) is 12.6 Å². The van der Waals surface area contributed by atoms with Crippen molar-refractivity contribution in [3.8, 4) is 0 Å². The van der Waals surface area contributed by atoms with E-state index in [2.05, 4.69) is 29.4 Å². The molecule has 2 N–H and O–H groups in total. The molecule has 4 nitrogen and oxygen atoms in total. The van der Waals surface area contributed by atoms with Crippen LogP contribution in [-0.4, -0.2) is 49.6 Å². The highest BCUT2D eigenvalue weighted by atomic mass is 16.1. The number of rotatable bonds is 7. The first kappa shape index (κ1) is 13.5. The van der Waals surface area contributed by atoms with Gasteiger partial charge in [0, 0.05) is 19.1 Å². The summed E-state index contributed by atoms with van der Waals surface area (Å²) in [4.78, 5) is 13.9. The van der Waals surface area contributed by atoms with E-state index in [1.54, 1.807) is 0 Å². The number of amides is 1. The fraction of sp³-hybridized carbons (Fsp3) is 0.917. The summed E-state index contributed by atoms with van der Waals surface area (Å²) in [6, 6.07) is 0.421. The summed E-state index contributed by atoms with van der Waals surface area (Å²) in [7, 11) is 0. The lowest BCUT2D eigenvalue weighted by molar-refractivity contribution is -0.120. The molecule has 1 aliphatic rings. The van der Waals surface area contributed by atoms with Gasteiger partial charge in [-0.2, -0.15) is 0 Å². The van der Waals surface area contributed by atoms with E-state index in [1.807, 2.05) is 0 Å². The molecule has 1 aliphatic heterocycles. The Bertz CT molecular complexity index is 202. The van der Waals surface area contributed by atoms with Crippen molar-refractivity contribution < 1.29 is 4.79 Å². The van der Waals surface area contributed by atoms with Crippen molar-refractivity contribution >= 4 is 5.91 Å². The first-order chi connectivity index (χ1) is 7.72. The molecule has 1 fully saturated rings. The Hall–Kier alpha value is -0.610. The van der Waals surface area contributed by atoms with Crippen LogP contribution < -0.4 is 10.6 Å². The maximum absolute atomic E-state index is 11.4. The topological polar surface area (TPSA) is 44.4 Å². The minimum atomic E-state index is 0.111. The first-order valence-electron chi connectivity index (χ1n) is 6.44. The molecule has 0 radical (unpaired) electrons. The third-order valence-corrected chi connectivity index (χ3v) is 3.17. The molecular weight excluding hydrogens is 202 g/mol. The van der Waals surface area contributed by atoms with E-state index in [0.717, 1.165) is 19.5 Å². The van der Waals surface area contributed by atoms with Crippen LogP contribution in [0.1, 0.15) is 33.1 Å². The predicted octanol–water partition coefficient (Wildman–Crippen LogP) is 0.587. The Balaban J connectivity index is 1.97. The lowest BCUT2D eigenvalue weighted by Gasteiger charge is -2.15. The van der Waals surface area contributed by atoms with Crippen LogP contribution in [0.5, 0.6) is 0 Å². The number of carbonyl (C=O) groups is 1. The summed E-state index contributed by atoms with van der Waals surface area (Å²) in [6.07, 6.45) is 3.67. The van der Waals surface area contributed by atoms with Crippen molar-refractivity contribution in [2.24, 2.45) is 0 Å². The van der Waals surface area contributed by atoms with E-state index >= 15 is 0 Å². The lowest BCUT2D eigenvalue weighted by Crippen LogP contribution is -2.40. The number of hydrogen-bond acceptors (Lipinski definition) is 3. The fourth-order valence-corrected chi connectivity index (χ4v) is 1.83. The summed E-state index contributed by atoms with van der Waals surface area (Å²) in [5.74, 6) is 0.111. The highest BCUT2D eigenvalue weighted by molar-refractivity contribution is 5.77. The molecular formula is C12H25N3O. The molecule has 0 aromatic heterocycles. The highest BCUT2D eigenvalue weighted by Crippen LogP contribution is 2.05. The molecule has 0 bridgehead atoms. The SMILES string of the molecule is CCC(C)NCC(=O)NCCN1CCCC1. The Morgan fingerprint density at radius 2 is 2.06 bits per heavy atom. The molecule has 0 aromatic rings. The number of nitrogens with one attached hydrogen (secondary N) is 2. The minimum Gasteiger partial charge on any atom is -0.354 e. The van der Waals surface area contributed by atoms with Crippen LogP contribution in [0, 0.1) is 0 Å². The zero-order chi connectivity index (χ0) is 11.8. The second kappa shape index (κ2) is 7.63. The monoisotopic (exact) mass is 227 g/mol. The lowest BCUT2D eigenvalue weighted by atomic mass is 10.2. The van der Waals surface area contributed by atoms with Gasteiger partial charge in [-0.1, -0.05) is 6.92 Å². The molecule has 16 heavy (non-hydrogen) atoms. The van der Waals surface area contributed by atoms with Crippen LogP contribution in [0.25, 0.3) is 0 Å². The Morgan fingerprint density at radius 3 is 2.69 bits per heavy atom. The molecule has 0 spiro atoms. The number of nitrogens with zero attached hydrogens (tertiary/aromatic N) is 1. The zero-order valence-electron chi connectivity index (χ0n) is 10.6. The van der Waals surface area contributed by atoms with E-state index in [4.69, 9.17) is 0 Å². The highest BCUT2D eigenvalue weighted by Gasteiger charge is 2.11. The summed E-state index contributed by atoms with van der Waals surface area (Å²) in [6.45, 7) is 8.81. The van der Waals surface area contributed by atoms with E-state index in [9.17, 15) is 4.79 Å². The predicted molar refractivity (Wildman–Crippen MR) is 66.4 cm³/mol. The van der Waals surface area contributed by atoms with Crippen LogP contribution in [0.15, 0.2) is 0 Å². The quantitative estimate of drug-likeness (QED) is 0.669. The van der Waals surface area contributed by atoms with Crippen molar-refractivity contribution in [3.63, 3.8) is 0 Å². The Labute approximate surface area is 98.8 Å².